The normalized spacial score (nSPS) is 19.3. The number of pyridine rings is 1. The van der Waals surface area contributed by atoms with Crippen molar-refractivity contribution in [1.29, 1.82) is 0 Å². The number of halogens is 1. The maximum atomic E-state index is 13.1. The molecule has 1 unspecified atom stereocenters. The molecule has 1 aromatic carbocycles. The fourth-order valence-corrected chi connectivity index (χ4v) is 4.97. The molecule has 1 aromatic heterocycles. The van der Waals surface area contributed by atoms with Gasteiger partial charge in [0.15, 0.2) is 0 Å². The van der Waals surface area contributed by atoms with Gasteiger partial charge in [-0.2, -0.15) is 4.31 Å². The molecular weight excluding hydrogens is 334 g/mol. The zero-order valence-electron chi connectivity index (χ0n) is 13.0. The molecule has 0 N–H and O–H groups in total. The molecule has 3 rings (SSSR count). The van der Waals surface area contributed by atoms with E-state index in [9.17, 15) is 8.42 Å². The number of fused-ring (bicyclic) bond motifs is 1. The van der Waals surface area contributed by atoms with Gasteiger partial charge in [0.2, 0.25) is 10.0 Å². The van der Waals surface area contributed by atoms with Crippen LogP contribution in [-0.2, 0) is 16.6 Å². The van der Waals surface area contributed by atoms with Gasteiger partial charge in [-0.3, -0.25) is 0 Å². The fraction of sp³-hybridized carbons (Fsp3) is 0.312. The van der Waals surface area contributed by atoms with Gasteiger partial charge < -0.3 is 4.90 Å². The number of nitrogens with zero attached hydrogens (tertiary/aromatic N) is 3. The van der Waals surface area contributed by atoms with Gasteiger partial charge in [0.05, 0.1) is 0 Å². The van der Waals surface area contributed by atoms with E-state index >= 15 is 0 Å². The molecule has 5 nitrogen and oxygen atoms in total. The van der Waals surface area contributed by atoms with Crippen LogP contribution in [0.2, 0.25) is 5.15 Å². The zero-order chi connectivity index (χ0) is 16.6. The van der Waals surface area contributed by atoms with E-state index in [0.717, 1.165) is 11.3 Å². The highest BCUT2D eigenvalue weighted by Gasteiger charge is 2.34. The van der Waals surface area contributed by atoms with Crippen LogP contribution in [0, 0.1) is 0 Å². The minimum absolute atomic E-state index is 0.00517. The molecule has 0 amide bonds. The number of benzene rings is 1. The van der Waals surface area contributed by atoms with Crippen LogP contribution in [0.3, 0.4) is 0 Å². The minimum Gasteiger partial charge on any atom is -0.373 e. The molecule has 1 aliphatic rings. The highest BCUT2D eigenvalue weighted by atomic mass is 35.5. The van der Waals surface area contributed by atoms with E-state index in [1.807, 2.05) is 38.2 Å². The molecule has 1 aliphatic heterocycles. The average molecular weight is 352 g/mol. The van der Waals surface area contributed by atoms with E-state index < -0.39 is 10.0 Å². The Balaban J connectivity index is 2.07. The summed E-state index contributed by atoms with van der Waals surface area (Å²) in [4.78, 5) is 6.03. The highest BCUT2D eigenvalue weighted by molar-refractivity contribution is 7.89. The van der Waals surface area contributed by atoms with Crippen molar-refractivity contribution in [2.45, 2.75) is 24.4 Å². The second-order valence-corrected chi connectivity index (χ2v) is 7.92. The SMILES string of the molecule is CC1CN(C)c2ccccc2CN1S(=O)(=O)c1cccnc1Cl. The quantitative estimate of drug-likeness (QED) is 0.781. The molecular formula is C16H18ClN3O2S. The second-order valence-electron chi connectivity index (χ2n) is 5.70. The molecule has 0 saturated carbocycles. The lowest BCUT2D eigenvalue weighted by Gasteiger charge is -2.27. The average Bonchev–Trinajstić information content (AvgIpc) is 2.65. The molecule has 2 aromatic rings. The van der Waals surface area contributed by atoms with Crippen LogP contribution in [-0.4, -0.2) is 37.3 Å². The van der Waals surface area contributed by atoms with E-state index in [0.29, 0.717) is 13.1 Å². The van der Waals surface area contributed by atoms with Gasteiger partial charge in [-0.15, -0.1) is 0 Å². The summed E-state index contributed by atoms with van der Waals surface area (Å²) in [6.45, 7) is 2.83. The third-order valence-electron chi connectivity index (χ3n) is 4.07. The fourth-order valence-electron chi connectivity index (χ4n) is 2.94. The Hall–Kier alpha value is -1.63. The van der Waals surface area contributed by atoms with Crippen LogP contribution >= 0.6 is 11.6 Å². The molecule has 23 heavy (non-hydrogen) atoms. The first-order valence-corrected chi connectivity index (χ1v) is 9.14. The Morgan fingerprint density at radius 3 is 2.70 bits per heavy atom. The maximum Gasteiger partial charge on any atom is 0.246 e. The van der Waals surface area contributed by atoms with Crippen molar-refractivity contribution in [2.75, 3.05) is 18.5 Å². The van der Waals surface area contributed by atoms with Gasteiger partial charge in [0, 0.05) is 38.1 Å². The Morgan fingerprint density at radius 1 is 1.22 bits per heavy atom. The summed E-state index contributed by atoms with van der Waals surface area (Å²) in [6.07, 6.45) is 1.48. The first-order chi connectivity index (χ1) is 10.9. The molecule has 1 atom stereocenters. The summed E-state index contributed by atoms with van der Waals surface area (Å²) >= 11 is 6.02. The van der Waals surface area contributed by atoms with Crippen LogP contribution in [0.4, 0.5) is 5.69 Å². The number of sulfonamides is 1. The van der Waals surface area contributed by atoms with E-state index in [1.54, 1.807) is 6.07 Å². The lowest BCUT2D eigenvalue weighted by atomic mass is 10.1. The summed E-state index contributed by atoms with van der Waals surface area (Å²) in [6, 6.07) is 10.7. The van der Waals surface area contributed by atoms with Crippen molar-refractivity contribution in [3.8, 4) is 0 Å². The maximum absolute atomic E-state index is 13.1. The van der Waals surface area contributed by atoms with Crippen LogP contribution in [0.1, 0.15) is 12.5 Å². The van der Waals surface area contributed by atoms with Crippen molar-refractivity contribution in [2.24, 2.45) is 0 Å². The van der Waals surface area contributed by atoms with Crippen LogP contribution in [0.5, 0.6) is 0 Å². The van der Waals surface area contributed by atoms with Crippen LogP contribution < -0.4 is 4.90 Å². The van der Waals surface area contributed by atoms with E-state index in [1.165, 1.54) is 16.6 Å². The van der Waals surface area contributed by atoms with Crippen LogP contribution in [0.25, 0.3) is 0 Å². The number of anilines is 1. The summed E-state index contributed by atoms with van der Waals surface area (Å²) in [5.41, 5.74) is 2.03. The number of para-hydroxylation sites is 1. The van der Waals surface area contributed by atoms with Crippen molar-refractivity contribution in [3.05, 3.63) is 53.3 Å². The van der Waals surface area contributed by atoms with Gasteiger partial charge in [0.1, 0.15) is 10.0 Å². The van der Waals surface area contributed by atoms with E-state index in [2.05, 4.69) is 9.88 Å². The predicted molar refractivity (Wildman–Crippen MR) is 91.1 cm³/mol. The van der Waals surface area contributed by atoms with Crippen molar-refractivity contribution in [3.63, 3.8) is 0 Å². The van der Waals surface area contributed by atoms with Gasteiger partial charge in [0.25, 0.3) is 0 Å². The first-order valence-electron chi connectivity index (χ1n) is 7.32. The number of rotatable bonds is 2. The lowest BCUT2D eigenvalue weighted by Crippen LogP contribution is -2.41. The summed E-state index contributed by atoms with van der Waals surface area (Å²) in [7, 11) is -1.74. The van der Waals surface area contributed by atoms with Crippen molar-refractivity contribution >= 4 is 27.3 Å². The summed E-state index contributed by atoms with van der Waals surface area (Å²) in [5, 5.41) is 0.00517. The number of aromatic nitrogens is 1. The first kappa shape index (κ1) is 16.2. The van der Waals surface area contributed by atoms with E-state index in [4.69, 9.17) is 11.6 Å². The summed E-state index contributed by atoms with van der Waals surface area (Å²) < 4.78 is 27.6. The number of likely N-dealkylation sites (N-methyl/N-ethyl adjacent to an activating group) is 1. The van der Waals surface area contributed by atoms with E-state index in [-0.39, 0.29) is 16.1 Å². The predicted octanol–water partition coefficient (Wildman–Crippen LogP) is 2.76. The molecule has 7 heteroatoms. The smallest absolute Gasteiger partial charge is 0.246 e. The van der Waals surface area contributed by atoms with Gasteiger partial charge in [-0.25, -0.2) is 13.4 Å². The Labute approximate surface area is 141 Å². The molecule has 0 radical (unpaired) electrons. The van der Waals surface area contributed by atoms with Gasteiger partial charge in [-0.1, -0.05) is 29.8 Å². The second kappa shape index (κ2) is 6.11. The van der Waals surface area contributed by atoms with Crippen molar-refractivity contribution in [1.82, 2.24) is 9.29 Å². The molecule has 0 fully saturated rings. The van der Waals surface area contributed by atoms with Gasteiger partial charge in [-0.05, 0) is 30.7 Å². The third-order valence-corrected chi connectivity index (χ3v) is 6.48. The standard InChI is InChI=1S/C16H18ClN3O2S/c1-12-10-19(2)14-7-4-3-6-13(14)11-20(12)23(21,22)15-8-5-9-18-16(15)17/h3-9,12H,10-11H2,1-2H3. The molecule has 0 bridgehead atoms. The minimum atomic E-state index is -3.72. The highest BCUT2D eigenvalue weighted by Crippen LogP contribution is 2.31. The number of hydrogen-bond acceptors (Lipinski definition) is 4. The summed E-state index contributed by atoms with van der Waals surface area (Å²) in [5.74, 6) is 0. The van der Waals surface area contributed by atoms with Gasteiger partial charge >= 0.3 is 0 Å². The lowest BCUT2D eigenvalue weighted by molar-refractivity contribution is 0.340. The molecule has 2 heterocycles. The Bertz CT molecular complexity index is 826. The number of hydrogen-bond donors (Lipinski definition) is 0. The largest absolute Gasteiger partial charge is 0.373 e. The van der Waals surface area contributed by atoms with Crippen molar-refractivity contribution < 1.29 is 8.42 Å². The Morgan fingerprint density at radius 2 is 1.96 bits per heavy atom. The topological polar surface area (TPSA) is 53.5 Å². The van der Waals surface area contributed by atoms with Crippen LogP contribution in [0.15, 0.2) is 47.5 Å². The molecule has 0 aliphatic carbocycles. The zero-order valence-corrected chi connectivity index (χ0v) is 14.5. The third kappa shape index (κ3) is 2.94. The molecule has 122 valence electrons. The monoisotopic (exact) mass is 351 g/mol. The Kier molecular flexibility index (Phi) is 4.31. The molecule has 0 spiro atoms. The molecule has 0 saturated heterocycles.